The van der Waals surface area contributed by atoms with Gasteiger partial charge in [-0.3, -0.25) is 9.36 Å². The number of para-hydroxylation sites is 1. The van der Waals surface area contributed by atoms with Crippen LogP contribution in [-0.2, 0) is 23.5 Å². The molecule has 2 aliphatic heterocycles. The summed E-state index contributed by atoms with van der Waals surface area (Å²) < 4.78 is 89.6. The van der Waals surface area contributed by atoms with Crippen LogP contribution in [-0.4, -0.2) is 67.1 Å². The van der Waals surface area contributed by atoms with E-state index in [9.17, 15) is 35.9 Å². The minimum absolute atomic E-state index is 0.0124. The van der Waals surface area contributed by atoms with Crippen LogP contribution in [0.5, 0.6) is 0 Å². The average Bonchev–Trinajstić information content (AvgIpc) is 3.41. The lowest BCUT2D eigenvalue weighted by molar-refractivity contribution is -0.143. The Morgan fingerprint density at radius 3 is 2.20 bits per heavy atom. The van der Waals surface area contributed by atoms with Gasteiger partial charge in [-0.05, 0) is 75.4 Å². The monoisotopic (exact) mass is 685 g/mol. The number of nitrogens with zero attached hydrogens (tertiary/aromatic N) is 5. The molecule has 4 heterocycles. The predicted octanol–water partition coefficient (Wildman–Crippen LogP) is 7.82. The molecular weight excluding hydrogens is 652 g/mol. The van der Waals surface area contributed by atoms with Gasteiger partial charge >= 0.3 is 18.4 Å². The van der Waals surface area contributed by atoms with Crippen LogP contribution >= 0.6 is 0 Å². The molecule has 2 aliphatic rings. The van der Waals surface area contributed by atoms with Crippen molar-refractivity contribution in [1.29, 1.82) is 0 Å². The fourth-order valence-corrected chi connectivity index (χ4v) is 6.45. The molecule has 0 radical (unpaired) electrons. The molecule has 2 atom stereocenters. The molecule has 2 aromatic heterocycles. The highest BCUT2D eigenvalue weighted by atomic mass is 19.4. The lowest BCUT2D eigenvalue weighted by atomic mass is 9.91. The lowest BCUT2D eigenvalue weighted by Gasteiger charge is -2.48. The summed E-state index contributed by atoms with van der Waals surface area (Å²) >= 11 is 0. The van der Waals surface area contributed by atoms with E-state index in [1.807, 2.05) is 6.20 Å². The van der Waals surface area contributed by atoms with Crippen LogP contribution in [0.3, 0.4) is 0 Å². The number of halogens is 6. The van der Waals surface area contributed by atoms with Crippen molar-refractivity contribution in [2.75, 3.05) is 13.1 Å². The first-order valence-electron chi connectivity index (χ1n) is 15.6. The molecule has 2 aromatic carbocycles. The number of carbonyl (C=O) groups is 2. The van der Waals surface area contributed by atoms with Gasteiger partial charge in [-0.1, -0.05) is 18.2 Å². The first kappa shape index (κ1) is 34.0. The van der Waals surface area contributed by atoms with Crippen molar-refractivity contribution in [3.8, 4) is 0 Å². The SMILES string of the molecule is CC(C)(C)OC(=O)n1cc(C[C@@H]2CN3C=C(c4cncnc4)CC[C@@H]3CN2C(=O)c2cc(C(F)(F)F)cc(C(F)(F)F)c2)c2ccccc21. The van der Waals surface area contributed by atoms with Crippen molar-refractivity contribution in [1.82, 2.24) is 24.3 Å². The van der Waals surface area contributed by atoms with Gasteiger partial charge in [0.1, 0.15) is 11.9 Å². The molecule has 1 amide bonds. The maximum absolute atomic E-state index is 14.1. The quantitative estimate of drug-likeness (QED) is 0.204. The van der Waals surface area contributed by atoms with E-state index in [4.69, 9.17) is 4.74 Å². The Bertz CT molecular complexity index is 1880. The molecule has 49 heavy (non-hydrogen) atoms. The standard InChI is InChI=1S/C35H33F6N5O3/c1-33(2,3)49-32(48)46-17-23(29-6-4-5-7-30(29)46)12-28-18-44-16-21(24-14-42-20-43-15-24)8-9-27(44)19-45(28)31(47)22-10-25(34(36,37)38)13-26(11-22)35(39,40)41/h4-7,10-11,13-17,20,27-28H,8-9,12,18-19H2,1-3H3/t27-,28-/m1/s1. The zero-order valence-corrected chi connectivity index (χ0v) is 26.8. The molecule has 14 heteroatoms. The van der Waals surface area contributed by atoms with E-state index < -0.39 is 52.7 Å². The van der Waals surface area contributed by atoms with E-state index >= 15 is 0 Å². The molecule has 1 saturated heterocycles. The number of hydrogen-bond donors (Lipinski definition) is 0. The summed E-state index contributed by atoms with van der Waals surface area (Å²) in [6.45, 7) is 5.49. The zero-order chi connectivity index (χ0) is 35.3. The second-order valence-corrected chi connectivity index (χ2v) is 13.3. The fourth-order valence-electron chi connectivity index (χ4n) is 6.45. The minimum atomic E-state index is -5.11. The maximum atomic E-state index is 14.1. The summed E-state index contributed by atoms with van der Waals surface area (Å²) in [6.07, 6.45) is -1.15. The number of rotatable bonds is 4. The second kappa shape index (κ2) is 12.5. The van der Waals surface area contributed by atoms with Gasteiger partial charge in [0.15, 0.2) is 0 Å². The van der Waals surface area contributed by atoms with Gasteiger partial charge in [0.2, 0.25) is 0 Å². The van der Waals surface area contributed by atoms with Gasteiger partial charge in [0, 0.05) is 60.4 Å². The third-order valence-electron chi connectivity index (χ3n) is 8.67. The van der Waals surface area contributed by atoms with Crippen LogP contribution in [0.25, 0.3) is 16.5 Å². The van der Waals surface area contributed by atoms with Crippen molar-refractivity contribution in [3.63, 3.8) is 0 Å². The van der Waals surface area contributed by atoms with Gasteiger partial charge in [0.05, 0.1) is 22.7 Å². The Morgan fingerprint density at radius 2 is 1.57 bits per heavy atom. The first-order valence-corrected chi connectivity index (χ1v) is 15.6. The van der Waals surface area contributed by atoms with Crippen molar-refractivity contribution in [2.24, 2.45) is 0 Å². The van der Waals surface area contributed by atoms with Crippen LogP contribution in [0.2, 0.25) is 0 Å². The molecule has 258 valence electrons. The molecule has 0 N–H and O–H groups in total. The number of aromatic nitrogens is 3. The number of hydrogen-bond acceptors (Lipinski definition) is 6. The van der Waals surface area contributed by atoms with Crippen LogP contribution in [0.1, 0.15) is 66.2 Å². The number of alkyl halides is 6. The maximum Gasteiger partial charge on any atom is 0.419 e. The number of allylic oxidation sites excluding steroid dienone is 1. The van der Waals surface area contributed by atoms with Gasteiger partial charge in [0.25, 0.3) is 5.91 Å². The smallest absolute Gasteiger partial charge is 0.419 e. The molecule has 8 nitrogen and oxygen atoms in total. The normalized spacial score (nSPS) is 18.7. The van der Waals surface area contributed by atoms with Crippen LogP contribution < -0.4 is 0 Å². The number of fused-ring (bicyclic) bond motifs is 2. The Kier molecular flexibility index (Phi) is 8.70. The molecule has 0 saturated carbocycles. The Morgan fingerprint density at radius 1 is 0.918 bits per heavy atom. The van der Waals surface area contributed by atoms with Gasteiger partial charge in [-0.25, -0.2) is 14.8 Å². The molecule has 0 spiro atoms. The van der Waals surface area contributed by atoms with Crippen molar-refractivity contribution >= 4 is 28.5 Å². The van der Waals surface area contributed by atoms with Crippen LogP contribution in [0.4, 0.5) is 31.1 Å². The highest BCUT2D eigenvalue weighted by Gasteiger charge is 2.41. The average molecular weight is 686 g/mol. The molecule has 0 bridgehead atoms. The van der Waals surface area contributed by atoms with E-state index in [1.54, 1.807) is 63.6 Å². The third kappa shape index (κ3) is 7.27. The number of benzene rings is 2. The number of piperazine rings is 1. The van der Waals surface area contributed by atoms with E-state index in [0.717, 1.165) is 11.1 Å². The summed E-state index contributed by atoms with van der Waals surface area (Å²) in [6, 6.07) is 7.11. The number of carbonyl (C=O) groups excluding carboxylic acids is 2. The van der Waals surface area contributed by atoms with E-state index in [0.29, 0.717) is 41.4 Å². The van der Waals surface area contributed by atoms with Crippen molar-refractivity contribution < 1.29 is 40.7 Å². The van der Waals surface area contributed by atoms with E-state index in [-0.39, 0.29) is 31.6 Å². The number of amides is 1. The van der Waals surface area contributed by atoms with Crippen molar-refractivity contribution in [3.05, 3.63) is 101 Å². The minimum Gasteiger partial charge on any atom is -0.443 e. The summed E-state index contributed by atoms with van der Waals surface area (Å²) in [5.41, 5.74) is -1.62. The summed E-state index contributed by atoms with van der Waals surface area (Å²) in [5, 5.41) is 0.692. The predicted molar refractivity (Wildman–Crippen MR) is 168 cm³/mol. The molecule has 0 unspecified atom stereocenters. The zero-order valence-electron chi connectivity index (χ0n) is 26.8. The van der Waals surface area contributed by atoms with E-state index in [1.165, 1.54) is 15.8 Å². The second-order valence-electron chi connectivity index (χ2n) is 13.3. The van der Waals surface area contributed by atoms with Gasteiger partial charge < -0.3 is 14.5 Å². The highest BCUT2D eigenvalue weighted by Crippen LogP contribution is 2.38. The Balaban J connectivity index is 1.41. The Labute approximate surface area is 278 Å². The third-order valence-corrected chi connectivity index (χ3v) is 8.67. The summed E-state index contributed by atoms with van der Waals surface area (Å²) in [7, 11) is 0. The molecule has 0 aliphatic carbocycles. The lowest BCUT2D eigenvalue weighted by Crippen LogP contribution is -2.59. The first-order chi connectivity index (χ1) is 23.0. The molecule has 1 fully saturated rings. The van der Waals surface area contributed by atoms with E-state index in [2.05, 4.69) is 14.9 Å². The van der Waals surface area contributed by atoms with Crippen LogP contribution in [0, 0.1) is 0 Å². The number of ether oxygens (including phenoxy) is 1. The van der Waals surface area contributed by atoms with Gasteiger partial charge in [-0.15, -0.1) is 0 Å². The highest BCUT2D eigenvalue weighted by molar-refractivity contribution is 5.95. The van der Waals surface area contributed by atoms with Gasteiger partial charge in [-0.2, -0.15) is 26.3 Å². The van der Waals surface area contributed by atoms with Crippen LogP contribution in [0.15, 0.2) is 73.6 Å². The summed E-state index contributed by atoms with van der Waals surface area (Å²) in [5.74, 6) is -0.941. The Hall–Kier alpha value is -4.88. The topological polar surface area (TPSA) is 80.6 Å². The largest absolute Gasteiger partial charge is 0.443 e. The molecular formula is C35H33F6N5O3. The molecule has 6 rings (SSSR count). The fraction of sp³-hybridized carbons (Fsp3) is 0.371. The van der Waals surface area contributed by atoms with Crippen molar-refractivity contribution in [2.45, 2.75) is 70.1 Å². The molecule has 4 aromatic rings. The summed E-state index contributed by atoms with van der Waals surface area (Å²) in [4.78, 5) is 38.9.